The van der Waals surface area contributed by atoms with E-state index in [0.717, 1.165) is 29.9 Å². The number of hydrogen-bond donors (Lipinski definition) is 3. The molecule has 0 unspecified atom stereocenters. The number of rotatable bonds is 8. The number of halogens is 1. The van der Waals surface area contributed by atoms with E-state index in [1.54, 1.807) is 6.07 Å². The van der Waals surface area contributed by atoms with Gasteiger partial charge in [-0.2, -0.15) is 0 Å². The Morgan fingerprint density at radius 1 is 1.06 bits per heavy atom. The van der Waals surface area contributed by atoms with Gasteiger partial charge in [0.15, 0.2) is 17.2 Å². The van der Waals surface area contributed by atoms with Crippen LogP contribution >= 0.6 is 22.9 Å². The van der Waals surface area contributed by atoms with Crippen LogP contribution in [-0.2, 0) is 4.79 Å². The Morgan fingerprint density at radius 3 is 2.43 bits per heavy atom. The van der Waals surface area contributed by atoms with Crippen LogP contribution in [-0.4, -0.2) is 58.7 Å². The summed E-state index contributed by atoms with van der Waals surface area (Å²) in [7, 11) is 0. The maximum atomic E-state index is 12.7. The summed E-state index contributed by atoms with van der Waals surface area (Å²) in [6, 6.07) is 16.8. The van der Waals surface area contributed by atoms with E-state index in [1.165, 1.54) is 0 Å². The van der Waals surface area contributed by atoms with Crippen molar-refractivity contribution in [1.82, 2.24) is 4.90 Å². The molecule has 1 aromatic heterocycles. The third-order valence-corrected chi connectivity index (χ3v) is 7.32. The minimum absolute atomic E-state index is 0.0357. The lowest BCUT2D eigenvalue weighted by atomic mass is 10.0. The third-order valence-electron chi connectivity index (χ3n) is 5.64. The molecule has 4 rings (SSSR count). The first kappa shape index (κ1) is 24.6. The van der Waals surface area contributed by atoms with E-state index < -0.39 is 18.5 Å². The Hall–Kier alpha value is -3.56. The SMILES string of the molecule is O=C(O)COc1c(C(=O)O)sc(-c2cccc(NC3CCN(C(=O)c4ccccc4)CC3)c2)c1Cl. The molecule has 182 valence electrons. The molecule has 1 aliphatic rings. The minimum atomic E-state index is -1.24. The lowest BCUT2D eigenvalue weighted by Crippen LogP contribution is -2.42. The number of aromatic carboxylic acids is 1. The van der Waals surface area contributed by atoms with Crippen molar-refractivity contribution in [3.05, 3.63) is 70.1 Å². The van der Waals surface area contributed by atoms with Crippen LogP contribution in [0.2, 0.25) is 5.02 Å². The van der Waals surface area contributed by atoms with Crippen LogP contribution in [0.3, 0.4) is 0 Å². The molecule has 0 spiro atoms. The number of carboxylic acid groups (broad SMARTS) is 2. The molecule has 1 fully saturated rings. The number of amides is 1. The molecule has 0 aliphatic carbocycles. The first-order chi connectivity index (χ1) is 16.8. The average molecular weight is 515 g/mol. The summed E-state index contributed by atoms with van der Waals surface area (Å²) in [5.74, 6) is -2.58. The van der Waals surface area contributed by atoms with E-state index in [2.05, 4.69) is 5.32 Å². The minimum Gasteiger partial charge on any atom is -0.479 e. The summed E-state index contributed by atoms with van der Waals surface area (Å²) in [4.78, 5) is 37.4. The monoisotopic (exact) mass is 514 g/mol. The molecule has 8 nitrogen and oxygen atoms in total. The van der Waals surface area contributed by atoms with Crippen LogP contribution in [0.25, 0.3) is 10.4 Å². The van der Waals surface area contributed by atoms with E-state index in [1.807, 2.05) is 53.4 Å². The average Bonchev–Trinajstić information content (AvgIpc) is 3.20. The highest BCUT2D eigenvalue weighted by Gasteiger charge is 2.26. The van der Waals surface area contributed by atoms with Gasteiger partial charge in [-0.1, -0.05) is 41.9 Å². The first-order valence-electron chi connectivity index (χ1n) is 10.9. The second-order valence-corrected chi connectivity index (χ2v) is 9.45. The molecule has 0 radical (unpaired) electrons. The number of aliphatic carboxylic acids is 1. The third kappa shape index (κ3) is 5.75. The van der Waals surface area contributed by atoms with Gasteiger partial charge in [-0.25, -0.2) is 9.59 Å². The van der Waals surface area contributed by atoms with Gasteiger partial charge >= 0.3 is 11.9 Å². The van der Waals surface area contributed by atoms with Crippen LogP contribution in [0.15, 0.2) is 54.6 Å². The molecule has 0 atom stereocenters. The van der Waals surface area contributed by atoms with E-state index in [9.17, 15) is 19.5 Å². The largest absolute Gasteiger partial charge is 0.479 e. The Balaban J connectivity index is 1.45. The Labute approximate surface area is 210 Å². The molecule has 0 saturated carbocycles. The number of ether oxygens (including phenoxy) is 1. The van der Waals surface area contributed by atoms with Crippen LogP contribution in [0, 0.1) is 0 Å². The zero-order valence-electron chi connectivity index (χ0n) is 18.6. The molecule has 3 N–H and O–H groups in total. The molecule has 35 heavy (non-hydrogen) atoms. The van der Waals surface area contributed by atoms with Crippen molar-refractivity contribution in [3.63, 3.8) is 0 Å². The van der Waals surface area contributed by atoms with Gasteiger partial charge < -0.3 is 25.2 Å². The van der Waals surface area contributed by atoms with Gasteiger partial charge in [0.05, 0.1) is 4.88 Å². The number of thiophene rings is 1. The highest BCUT2D eigenvalue weighted by atomic mass is 35.5. The highest BCUT2D eigenvalue weighted by Crippen LogP contribution is 2.46. The second kappa shape index (κ2) is 10.8. The molecule has 2 heterocycles. The Kier molecular flexibility index (Phi) is 7.57. The van der Waals surface area contributed by atoms with Gasteiger partial charge in [0.1, 0.15) is 5.02 Å². The maximum absolute atomic E-state index is 12.7. The number of likely N-dealkylation sites (tertiary alicyclic amines) is 1. The molecule has 2 aromatic carbocycles. The molecule has 0 bridgehead atoms. The second-order valence-electron chi connectivity index (χ2n) is 8.05. The lowest BCUT2D eigenvalue weighted by molar-refractivity contribution is -0.139. The number of carboxylic acids is 2. The van der Waals surface area contributed by atoms with Crippen molar-refractivity contribution < 1.29 is 29.3 Å². The number of carbonyl (C=O) groups is 3. The summed E-state index contributed by atoms with van der Waals surface area (Å²) >= 11 is 7.34. The van der Waals surface area contributed by atoms with Gasteiger partial charge in [-0.05, 0) is 42.7 Å². The van der Waals surface area contributed by atoms with Crippen molar-refractivity contribution in [2.45, 2.75) is 18.9 Å². The van der Waals surface area contributed by atoms with E-state index in [0.29, 0.717) is 29.1 Å². The quantitative estimate of drug-likeness (QED) is 0.389. The van der Waals surface area contributed by atoms with Crippen molar-refractivity contribution in [2.75, 3.05) is 25.0 Å². The summed E-state index contributed by atoms with van der Waals surface area (Å²) in [5, 5.41) is 21.9. The molecule has 1 amide bonds. The van der Waals surface area contributed by atoms with Crippen molar-refractivity contribution in [3.8, 4) is 16.2 Å². The van der Waals surface area contributed by atoms with Gasteiger partial charge in [0, 0.05) is 30.4 Å². The van der Waals surface area contributed by atoms with Crippen LogP contribution in [0.4, 0.5) is 5.69 Å². The number of anilines is 1. The summed E-state index contributed by atoms with van der Waals surface area (Å²) < 4.78 is 5.16. The van der Waals surface area contributed by atoms with Crippen LogP contribution in [0.1, 0.15) is 32.9 Å². The standard InChI is InChI=1S/C25H23ClN2O6S/c26-20-21(34-14-19(29)30)23(25(32)33)35-22(20)16-7-4-8-18(13-16)27-17-9-11-28(12-10-17)24(31)15-5-2-1-3-6-15/h1-8,13,17,27H,9-12,14H2,(H,29,30)(H,32,33). The maximum Gasteiger partial charge on any atom is 0.349 e. The predicted octanol–water partition coefficient (Wildman–Crippen LogP) is 4.95. The van der Waals surface area contributed by atoms with Gasteiger partial charge in [0.25, 0.3) is 5.91 Å². The number of benzene rings is 2. The summed E-state index contributed by atoms with van der Waals surface area (Å²) in [5.41, 5.74) is 2.21. The lowest BCUT2D eigenvalue weighted by Gasteiger charge is -2.33. The van der Waals surface area contributed by atoms with Crippen molar-refractivity contribution in [1.29, 1.82) is 0 Å². The fourth-order valence-electron chi connectivity index (χ4n) is 3.96. The van der Waals surface area contributed by atoms with Gasteiger partial charge in [-0.3, -0.25) is 4.79 Å². The number of hydrogen-bond acceptors (Lipinski definition) is 6. The van der Waals surface area contributed by atoms with E-state index >= 15 is 0 Å². The Bertz CT molecular complexity index is 1240. The number of carbonyl (C=O) groups excluding carboxylic acids is 1. The molecular formula is C25H23ClN2O6S. The van der Waals surface area contributed by atoms with Gasteiger partial charge in [0.2, 0.25) is 0 Å². The number of nitrogens with one attached hydrogen (secondary N) is 1. The van der Waals surface area contributed by atoms with Crippen LogP contribution < -0.4 is 10.1 Å². The summed E-state index contributed by atoms with van der Waals surface area (Å²) in [6.45, 7) is 0.603. The van der Waals surface area contributed by atoms with Crippen LogP contribution in [0.5, 0.6) is 5.75 Å². The smallest absolute Gasteiger partial charge is 0.349 e. The highest BCUT2D eigenvalue weighted by molar-refractivity contribution is 7.18. The van der Waals surface area contributed by atoms with Crippen molar-refractivity contribution >= 4 is 46.5 Å². The fourth-order valence-corrected chi connectivity index (χ4v) is 5.36. The van der Waals surface area contributed by atoms with Gasteiger partial charge in [-0.15, -0.1) is 11.3 Å². The first-order valence-corrected chi connectivity index (χ1v) is 12.1. The topological polar surface area (TPSA) is 116 Å². The van der Waals surface area contributed by atoms with E-state index in [-0.39, 0.29) is 27.6 Å². The fraction of sp³-hybridized carbons (Fsp3) is 0.240. The number of nitrogens with zero attached hydrogens (tertiary/aromatic N) is 1. The van der Waals surface area contributed by atoms with E-state index in [4.69, 9.17) is 21.4 Å². The number of piperidine rings is 1. The zero-order chi connectivity index (χ0) is 24.9. The molecule has 3 aromatic rings. The Morgan fingerprint density at radius 2 is 1.77 bits per heavy atom. The zero-order valence-corrected chi connectivity index (χ0v) is 20.1. The normalized spacial score (nSPS) is 13.9. The predicted molar refractivity (Wildman–Crippen MR) is 134 cm³/mol. The molecular weight excluding hydrogens is 492 g/mol. The molecule has 1 saturated heterocycles. The van der Waals surface area contributed by atoms with Crippen molar-refractivity contribution in [2.24, 2.45) is 0 Å². The summed E-state index contributed by atoms with van der Waals surface area (Å²) in [6.07, 6.45) is 1.58. The molecule has 1 aliphatic heterocycles. The molecule has 10 heteroatoms.